The molecule has 0 spiro atoms. The molecular weight excluding hydrogens is 360 g/mol. The zero-order chi connectivity index (χ0) is 19.1. The van der Waals surface area contributed by atoms with Crippen molar-refractivity contribution in [3.05, 3.63) is 64.2 Å². The van der Waals surface area contributed by atoms with E-state index in [1.54, 1.807) is 12.1 Å². The molecule has 1 amide bonds. The average molecular weight is 387 g/mol. The molecule has 2 aromatic rings. The summed E-state index contributed by atoms with van der Waals surface area (Å²) in [5.74, 6) is 0.514. The van der Waals surface area contributed by atoms with Crippen LogP contribution in [-0.4, -0.2) is 30.5 Å². The van der Waals surface area contributed by atoms with Crippen molar-refractivity contribution in [3.63, 3.8) is 0 Å². The third-order valence-corrected chi connectivity index (χ3v) is 5.26. The number of ether oxygens (including phenoxy) is 1. The Kier molecular flexibility index (Phi) is 7.13. The van der Waals surface area contributed by atoms with Crippen LogP contribution in [0.25, 0.3) is 0 Å². The molecule has 1 N–H and O–H groups in total. The van der Waals surface area contributed by atoms with Gasteiger partial charge in [0.1, 0.15) is 5.75 Å². The first-order chi connectivity index (χ1) is 13.1. The highest BCUT2D eigenvalue weighted by Gasteiger charge is 2.11. The van der Waals surface area contributed by atoms with Gasteiger partial charge in [-0.1, -0.05) is 42.3 Å². The van der Waals surface area contributed by atoms with Gasteiger partial charge in [0.15, 0.2) is 6.61 Å². The van der Waals surface area contributed by atoms with Crippen LogP contribution < -0.4 is 10.1 Å². The monoisotopic (exact) mass is 386 g/mol. The number of nitrogens with zero attached hydrogens (tertiary/aromatic N) is 1. The molecule has 27 heavy (non-hydrogen) atoms. The van der Waals surface area contributed by atoms with Crippen molar-refractivity contribution in [2.45, 2.75) is 39.3 Å². The Morgan fingerprint density at radius 1 is 1.11 bits per heavy atom. The molecule has 0 aliphatic carbocycles. The van der Waals surface area contributed by atoms with Crippen molar-refractivity contribution in [3.8, 4) is 5.75 Å². The van der Waals surface area contributed by atoms with E-state index in [0.717, 1.165) is 17.7 Å². The minimum atomic E-state index is -0.135. The van der Waals surface area contributed by atoms with Gasteiger partial charge in [0.05, 0.1) is 0 Å². The summed E-state index contributed by atoms with van der Waals surface area (Å²) in [5, 5.41) is 3.61. The topological polar surface area (TPSA) is 41.6 Å². The molecule has 0 unspecified atom stereocenters. The molecular formula is C22H27ClN2O2. The minimum absolute atomic E-state index is 0.00542. The van der Waals surface area contributed by atoms with Gasteiger partial charge in [0.25, 0.3) is 5.91 Å². The van der Waals surface area contributed by atoms with Crippen LogP contribution in [0, 0.1) is 6.92 Å². The fourth-order valence-corrected chi connectivity index (χ4v) is 3.44. The molecule has 1 aliphatic rings. The van der Waals surface area contributed by atoms with Gasteiger partial charge in [0.2, 0.25) is 0 Å². The number of likely N-dealkylation sites (tertiary alicyclic amines) is 1. The number of hydrogen-bond donors (Lipinski definition) is 1. The smallest absolute Gasteiger partial charge is 0.258 e. The van der Waals surface area contributed by atoms with E-state index in [2.05, 4.69) is 28.4 Å². The Labute approximate surface area is 166 Å². The molecule has 1 saturated heterocycles. The van der Waals surface area contributed by atoms with Crippen molar-refractivity contribution < 1.29 is 9.53 Å². The van der Waals surface area contributed by atoms with Gasteiger partial charge in [-0.25, -0.2) is 0 Å². The first-order valence-electron chi connectivity index (χ1n) is 9.56. The molecule has 0 atom stereocenters. The summed E-state index contributed by atoms with van der Waals surface area (Å²) in [6.45, 7) is 5.77. The van der Waals surface area contributed by atoms with Gasteiger partial charge in [-0.2, -0.15) is 0 Å². The van der Waals surface area contributed by atoms with E-state index in [4.69, 9.17) is 16.3 Å². The Balaban J connectivity index is 1.45. The predicted molar refractivity (Wildman–Crippen MR) is 109 cm³/mol. The Bertz CT molecular complexity index is 773. The lowest BCUT2D eigenvalue weighted by molar-refractivity contribution is -0.123. The maximum absolute atomic E-state index is 12.1. The Hall–Kier alpha value is -2.04. The van der Waals surface area contributed by atoms with Crippen LogP contribution in [0.1, 0.15) is 36.0 Å². The van der Waals surface area contributed by atoms with Gasteiger partial charge in [-0.15, -0.1) is 0 Å². The molecule has 3 rings (SSSR count). The molecule has 0 aromatic heterocycles. The highest BCUT2D eigenvalue weighted by atomic mass is 35.5. The van der Waals surface area contributed by atoms with Crippen molar-refractivity contribution in [1.82, 2.24) is 10.2 Å². The van der Waals surface area contributed by atoms with Crippen LogP contribution in [0.3, 0.4) is 0 Å². The minimum Gasteiger partial charge on any atom is -0.484 e. The lowest BCUT2D eigenvalue weighted by Gasteiger charge is -2.26. The van der Waals surface area contributed by atoms with Crippen molar-refractivity contribution >= 4 is 17.5 Å². The van der Waals surface area contributed by atoms with Gasteiger partial charge >= 0.3 is 0 Å². The van der Waals surface area contributed by atoms with Gasteiger partial charge in [0, 0.05) is 18.1 Å². The molecule has 4 nitrogen and oxygen atoms in total. The summed E-state index contributed by atoms with van der Waals surface area (Å²) < 4.78 is 5.54. The highest BCUT2D eigenvalue weighted by molar-refractivity contribution is 6.31. The van der Waals surface area contributed by atoms with E-state index in [1.807, 2.05) is 19.1 Å². The molecule has 0 saturated carbocycles. The highest BCUT2D eigenvalue weighted by Crippen LogP contribution is 2.21. The summed E-state index contributed by atoms with van der Waals surface area (Å²) in [7, 11) is 0. The summed E-state index contributed by atoms with van der Waals surface area (Å²) in [5.41, 5.74) is 3.34. The van der Waals surface area contributed by atoms with Crippen LogP contribution in [-0.2, 0) is 17.9 Å². The summed E-state index contributed by atoms with van der Waals surface area (Å²) >= 11 is 6.00. The second kappa shape index (κ2) is 9.77. The number of aryl methyl sites for hydroxylation is 1. The number of amides is 1. The van der Waals surface area contributed by atoms with E-state index in [1.165, 1.54) is 37.9 Å². The maximum atomic E-state index is 12.1. The molecule has 144 valence electrons. The third kappa shape index (κ3) is 6.26. The van der Waals surface area contributed by atoms with E-state index in [9.17, 15) is 4.79 Å². The number of carbonyl (C=O) groups excluding carboxylic acids is 1. The molecule has 2 aromatic carbocycles. The van der Waals surface area contributed by atoms with Crippen molar-refractivity contribution in [2.75, 3.05) is 19.7 Å². The second-order valence-corrected chi connectivity index (χ2v) is 7.54. The number of piperidine rings is 1. The van der Waals surface area contributed by atoms with Gasteiger partial charge < -0.3 is 10.1 Å². The number of rotatable bonds is 7. The molecule has 0 radical (unpaired) electrons. The zero-order valence-corrected chi connectivity index (χ0v) is 16.6. The maximum Gasteiger partial charge on any atom is 0.258 e. The van der Waals surface area contributed by atoms with Crippen molar-refractivity contribution in [2.24, 2.45) is 0 Å². The predicted octanol–water partition coefficient (Wildman–Crippen LogP) is 4.33. The van der Waals surface area contributed by atoms with Crippen LogP contribution in [0.2, 0.25) is 5.02 Å². The van der Waals surface area contributed by atoms with Crippen LogP contribution in [0.4, 0.5) is 0 Å². The first kappa shape index (κ1) is 19.7. The summed E-state index contributed by atoms with van der Waals surface area (Å²) in [4.78, 5) is 14.6. The lowest BCUT2D eigenvalue weighted by atomic mass is 10.1. The fourth-order valence-electron chi connectivity index (χ4n) is 3.32. The average Bonchev–Trinajstić information content (AvgIpc) is 2.68. The van der Waals surface area contributed by atoms with E-state index in [0.29, 0.717) is 17.3 Å². The van der Waals surface area contributed by atoms with Crippen molar-refractivity contribution in [1.29, 1.82) is 0 Å². The fraction of sp³-hybridized carbons (Fsp3) is 0.409. The van der Waals surface area contributed by atoms with Gasteiger partial charge in [-0.05, 0) is 67.7 Å². The molecule has 1 fully saturated rings. The number of carbonyl (C=O) groups is 1. The standard InChI is InChI=1S/C22H27ClN2O2/c1-17-12-20(8-9-21(17)23)27-16-22(26)24-14-18-6-5-7-19(13-18)15-25-10-3-2-4-11-25/h5-9,12-13H,2-4,10-11,14-16H2,1H3,(H,24,26). The van der Waals surface area contributed by atoms with Gasteiger partial charge in [-0.3, -0.25) is 9.69 Å². The first-order valence-corrected chi connectivity index (χ1v) is 9.94. The SMILES string of the molecule is Cc1cc(OCC(=O)NCc2cccc(CN3CCCCC3)c2)ccc1Cl. The molecule has 1 aliphatic heterocycles. The number of benzene rings is 2. The normalized spacial score (nSPS) is 14.7. The van der Waals surface area contributed by atoms with Crippen LogP contribution >= 0.6 is 11.6 Å². The molecule has 5 heteroatoms. The number of halogens is 1. The largest absolute Gasteiger partial charge is 0.484 e. The van der Waals surface area contributed by atoms with E-state index in [-0.39, 0.29) is 12.5 Å². The Morgan fingerprint density at radius 2 is 1.89 bits per heavy atom. The summed E-state index contributed by atoms with van der Waals surface area (Å²) in [6, 6.07) is 13.8. The van der Waals surface area contributed by atoms with Crippen LogP contribution in [0.5, 0.6) is 5.75 Å². The molecule has 1 heterocycles. The number of hydrogen-bond acceptors (Lipinski definition) is 3. The zero-order valence-electron chi connectivity index (χ0n) is 15.8. The second-order valence-electron chi connectivity index (χ2n) is 7.13. The van der Waals surface area contributed by atoms with E-state index < -0.39 is 0 Å². The van der Waals surface area contributed by atoms with Crippen LogP contribution in [0.15, 0.2) is 42.5 Å². The quantitative estimate of drug-likeness (QED) is 0.770. The molecule has 0 bridgehead atoms. The lowest BCUT2D eigenvalue weighted by Crippen LogP contribution is -2.29. The van der Waals surface area contributed by atoms with E-state index >= 15 is 0 Å². The Morgan fingerprint density at radius 3 is 2.67 bits per heavy atom. The summed E-state index contributed by atoms with van der Waals surface area (Å²) in [6.07, 6.45) is 3.94. The third-order valence-electron chi connectivity index (χ3n) is 4.84. The number of nitrogens with one attached hydrogen (secondary N) is 1.